The summed E-state index contributed by atoms with van der Waals surface area (Å²) in [5, 5.41) is 8.75. The SMILES string of the molecule is CCN(CC(C)C#N)C(=O)Cc1ccccc1F. The smallest absolute Gasteiger partial charge is 0.227 e. The first-order valence-electron chi connectivity index (χ1n) is 5.99. The van der Waals surface area contributed by atoms with Crippen LogP contribution < -0.4 is 0 Å². The summed E-state index contributed by atoms with van der Waals surface area (Å²) in [5.41, 5.74) is 0.394. The Bertz CT molecular complexity index is 453. The van der Waals surface area contributed by atoms with Crippen molar-refractivity contribution in [2.24, 2.45) is 5.92 Å². The van der Waals surface area contributed by atoms with Gasteiger partial charge in [-0.1, -0.05) is 18.2 Å². The molecule has 3 nitrogen and oxygen atoms in total. The third kappa shape index (κ3) is 3.85. The van der Waals surface area contributed by atoms with Gasteiger partial charge in [-0.2, -0.15) is 5.26 Å². The zero-order valence-corrected chi connectivity index (χ0v) is 10.7. The summed E-state index contributed by atoms with van der Waals surface area (Å²) in [6, 6.07) is 8.35. The van der Waals surface area contributed by atoms with Gasteiger partial charge in [0.25, 0.3) is 0 Å². The third-order valence-corrected chi connectivity index (χ3v) is 2.75. The van der Waals surface area contributed by atoms with Crippen LogP contribution in [0.15, 0.2) is 24.3 Å². The van der Waals surface area contributed by atoms with Crippen LogP contribution in [0.4, 0.5) is 4.39 Å². The van der Waals surface area contributed by atoms with E-state index in [0.29, 0.717) is 18.7 Å². The Morgan fingerprint density at radius 1 is 1.50 bits per heavy atom. The van der Waals surface area contributed by atoms with Crippen molar-refractivity contribution < 1.29 is 9.18 Å². The Labute approximate surface area is 107 Å². The molecule has 0 saturated carbocycles. The number of carbonyl (C=O) groups is 1. The Morgan fingerprint density at radius 3 is 2.72 bits per heavy atom. The summed E-state index contributed by atoms with van der Waals surface area (Å²) in [4.78, 5) is 13.6. The number of benzene rings is 1. The highest BCUT2D eigenvalue weighted by Gasteiger charge is 2.16. The second-order valence-corrected chi connectivity index (χ2v) is 4.23. The van der Waals surface area contributed by atoms with E-state index in [1.165, 1.54) is 6.07 Å². The van der Waals surface area contributed by atoms with E-state index in [0.717, 1.165) is 0 Å². The minimum Gasteiger partial charge on any atom is -0.341 e. The van der Waals surface area contributed by atoms with Crippen molar-refractivity contribution in [3.05, 3.63) is 35.6 Å². The number of amides is 1. The predicted octanol–water partition coefficient (Wildman–Crippen LogP) is 2.38. The molecule has 0 fully saturated rings. The topological polar surface area (TPSA) is 44.1 Å². The van der Waals surface area contributed by atoms with Gasteiger partial charge in [-0.15, -0.1) is 0 Å². The summed E-state index contributed by atoms with van der Waals surface area (Å²) >= 11 is 0. The van der Waals surface area contributed by atoms with Crippen LogP contribution >= 0.6 is 0 Å². The van der Waals surface area contributed by atoms with Gasteiger partial charge < -0.3 is 4.90 Å². The molecule has 4 heteroatoms. The fourth-order valence-corrected chi connectivity index (χ4v) is 1.70. The maximum absolute atomic E-state index is 13.4. The molecule has 0 N–H and O–H groups in total. The number of hydrogen-bond acceptors (Lipinski definition) is 2. The first-order valence-corrected chi connectivity index (χ1v) is 5.99. The number of hydrogen-bond donors (Lipinski definition) is 0. The van der Waals surface area contributed by atoms with E-state index < -0.39 is 0 Å². The van der Waals surface area contributed by atoms with Crippen LogP contribution in [0.25, 0.3) is 0 Å². The molecule has 1 amide bonds. The minimum absolute atomic E-state index is 0.0403. The van der Waals surface area contributed by atoms with Crippen LogP contribution in [0.1, 0.15) is 19.4 Å². The van der Waals surface area contributed by atoms with Crippen LogP contribution in [0.3, 0.4) is 0 Å². The highest BCUT2D eigenvalue weighted by Crippen LogP contribution is 2.09. The summed E-state index contributed by atoms with van der Waals surface area (Å²) in [7, 11) is 0. The second kappa shape index (κ2) is 6.75. The molecule has 0 spiro atoms. The first-order chi connectivity index (χ1) is 8.58. The van der Waals surface area contributed by atoms with E-state index in [1.807, 2.05) is 6.92 Å². The summed E-state index contributed by atoms with van der Waals surface area (Å²) in [6.07, 6.45) is 0.0403. The van der Waals surface area contributed by atoms with Crippen molar-refractivity contribution in [2.45, 2.75) is 20.3 Å². The normalized spacial score (nSPS) is 11.7. The van der Waals surface area contributed by atoms with Crippen molar-refractivity contribution in [3.8, 4) is 6.07 Å². The van der Waals surface area contributed by atoms with Gasteiger partial charge in [-0.25, -0.2) is 4.39 Å². The van der Waals surface area contributed by atoms with E-state index >= 15 is 0 Å². The quantitative estimate of drug-likeness (QED) is 0.803. The average Bonchev–Trinajstić information content (AvgIpc) is 2.38. The molecule has 1 aromatic carbocycles. The molecule has 0 aliphatic heterocycles. The lowest BCUT2D eigenvalue weighted by Gasteiger charge is -2.22. The number of likely N-dealkylation sites (N-methyl/N-ethyl adjacent to an activating group) is 1. The summed E-state index contributed by atoms with van der Waals surface area (Å²) in [5.74, 6) is -0.727. The van der Waals surface area contributed by atoms with E-state index in [2.05, 4.69) is 6.07 Å². The predicted molar refractivity (Wildman–Crippen MR) is 67.1 cm³/mol. The van der Waals surface area contributed by atoms with Gasteiger partial charge in [0.15, 0.2) is 0 Å². The molecule has 0 aliphatic rings. The Balaban J connectivity index is 2.69. The molecule has 18 heavy (non-hydrogen) atoms. The van der Waals surface area contributed by atoms with E-state index in [1.54, 1.807) is 30.0 Å². The highest BCUT2D eigenvalue weighted by atomic mass is 19.1. The fourth-order valence-electron chi connectivity index (χ4n) is 1.70. The average molecular weight is 248 g/mol. The lowest BCUT2D eigenvalue weighted by Crippen LogP contribution is -2.35. The van der Waals surface area contributed by atoms with Gasteiger partial charge in [-0.05, 0) is 25.5 Å². The highest BCUT2D eigenvalue weighted by molar-refractivity contribution is 5.78. The Morgan fingerprint density at radius 2 is 2.17 bits per heavy atom. The largest absolute Gasteiger partial charge is 0.341 e. The van der Waals surface area contributed by atoms with Gasteiger partial charge in [0.2, 0.25) is 5.91 Å². The first kappa shape index (κ1) is 14.2. The lowest BCUT2D eigenvalue weighted by molar-refractivity contribution is -0.130. The molecule has 1 atom stereocenters. The van der Waals surface area contributed by atoms with Crippen molar-refractivity contribution in [1.82, 2.24) is 4.90 Å². The Kier molecular flexibility index (Phi) is 5.31. The number of nitriles is 1. The number of carbonyl (C=O) groups excluding carboxylic acids is 1. The third-order valence-electron chi connectivity index (χ3n) is 2.75. The maximum atomic E-state index is 13.4. The monoisotopic (exact) mass is 248 g/mol. The van der Waals surface area contributed by atoms with Gasteiger partial charge >= 0.3 is 0 Å². The van der Waals surface area contributed by atoms with Crippen molar-refractivity contribution in [1.29, 1.82) is 5.26 Å². The minimum atomic E-state index is -0.366. The van der Waals surface area contributed by atoms with Crippen LogP contribution in [-0.4, -0.2) is 23.9 Å². The van der Waals surface area contributed by atoms with E-state index in [4.69, 9.17) is 5.26 Å². The molecule has 1 aromatic rings. The molecule has 0 aromatic heterocycles. The van der Waals surface area contributed by atoms with Crippen LogP contribution in [-0.2, 0) is 11.2 Å². The molecule has 0 radical (unpaired) electrons. The molecule has 0 heterocycles. The molecule has 1 unspecified atom stereocenters. The van der Waals surface area contributed by atoms with E-state index in [-0.39, 0.29) is 24.1 Å². The summed E-state index contributed by atoms with van der Waals surface area (Å²) < 4.78 is 13.4. The maximum Gasteiger partial charge on any atom is 0.227 e. The molecular formula is C14H17FN2O. The van der Waals surface area contributed by atoms with Gasteiger partial charge in [0.1, 0.15) is 5.82 Å². The molecule has 1 rings (SSSR count). The van der Waals surface area contributed by atoms with Crippen LogP contribution in [0, 0.1) is 23.1 Å². The standard InChI is InChI=1S/C14H17FN2O/c1-3-17(10-11(2)9-16)14(18)8-12-6-4-5-7-13(12)15/h4-7,11H,3,8,10H2,1-2H3. The van der Waals surface area contributed by atoms with Crippen LogP contribution in [0.5, 0.6) is 0 Å². The summed E-state index contributed by atoms with van der Waals surface area (Å²) in [6.45, 7) is 4.53. The molecule has 0 bridgehead atoms. The Hall–Kier alpha value is -1.89. The number of halogens is 1. The second-order valence-electron chi connectivity index (χ2n) is 4.23. The molecule has 96 valence electrons. The lowest BCUT2D eigenvalue weighted by atomic mass is 10.1. The van der Waals surface area contributed by atoms with Crippen molar-refractivity contribution in [2.75, 3.05) is 13.1 Å². The van der Waals surface area contributed by atoms with Gasteiger partial charge in [0.05, 0.1) is 18.4 Å². The van der Waals surface area contributed by atoms with Crippen molar-refractivity contribution >= 4 is 5.91 Å². The fraction of sp³-hybridized carbons (Fsp3) is 0.429. The molecule has 0 aliphatic carbocycles. The zero-order chi connectivity index (χ0) is 13.5. The van der Waals surface area contributed by atoms with Crippen LogP contribution in [0.2, 0.25) is 0 Å². The number of nitrogens with zero attached hydrogens (tertiary/aromatic N) is 2. The van der Waals surface area contributed by atoms with Crippen molar-refractivity contribution in [3.63, 3.8) is 0 Å². The van der Waals surface area contributed by atoms with E-state index in [9.17, 15) is 9.18 Å². The number of rotatable bonds is 5. The van der Waals surface area contributed by atoms with Gasteiger partial charge in [0, 0.05) is 13.1 Å². The zero-order valence-electron chi connectivity index (χ0n) is 10.7. The molecule has 0 saturated heterocycles. The van der Waals surface area contributed by atoms with Gasteiger partial charge in [-0.3, -0.25) is 4.79 Å². The molecular weight excluding hydrogens is 231 g/mol.